The van der Waals surface area contributed by atoms with Gasteiger partial charge in [-0.3, -0.25) is 4.79 Å². The number of H-pyrrole nitrogens is 1. The van der Waals surface area contributed by atoms with E-state index < -0.39 is 5.97 Å². The van der Waals surface area contributed by atoms with Crippen LogP contribution >= 0.6 is 11.8 Å². The number of rotatable bonds is 3. The molecule has 6 nitrogen and oxygen atoms in total. The minimum absolute atomic E-state index is 0.0778. The Hall–Kier alpha value is -2.15. The molecule has 0 saturated carbocycles. The van der Waals surface area contributed by atoms with Gasteiger partial charge >= 0.3 is 5.97 Å². The van der Waals surface area contributed by atoms with Crippen molar-refractivity contribution in [3.05, 3.63) is 23.3 Å². The Labute approximate surface area is 118 Å². The van der Waals surface area contributed by atoms with E-state index in [0.29, 0.717) is 10.8 Å². The van der Waals surface area contributed by atoms with Crippen molar-refractivity contribution in [1.82, 2.24) is 20.2 Å². The molecule has 7 heteroatoms. The van der Waals surface area contributed by atoms with Crippen molar-refractivity contribution in [3.8, 4) is 0 Å². The Kier molecular flexibility index (Phi) is 3.06. The quantitative estimate of drug-likeness (QED) is 0.718. The average Bonchev–Trinajstić information content (AvgIpc) is 2.73. The van der Waals surface area contributed by atoms with Crippen LogP contribution in [-0.2, 0) is 4.79 Å². The van der Waals surface area contributed by atoms with E-state index in [0.717, 1.165) is 39.3 Å². The van der Waals surface area contributed by atoms with E-state index in [9.17, 15) is 4.79 Å². The normalized spacial score (nSPS) is 11.3. The second-order valence-corrected chi connectivity index (χ2v) is 5.55. The Morgan fingerprint density at radius 3 is 2.90 bits per heavy atom. The molecule has 2 N–H and O–H groups in total. The second kappa shape index (κ2) is 4.75. The number of thioether (sulfide) groups is 1. The van der Waals surface area contributed by atoms with Crippen LogP contribution in [0, 0.1) is 13.8 Å². The van der Waals surface area contributed by atoms with E-state index in [1.807, 2.05) is 19.9 Å². The Morgan fingerprint density at radius 2 is 2.15 bits per heavy atom. The Balaban J connectivity index is 2.13. The van der Waals surface area contributed by atoms with Crippen LogP contribution in [0.1, 0.15) is 11.1 Å². The summed E-state index contributed by atoms with van der Waals surface area (Å²) in [5.74, 6) is -0.979. The zero-order chi connectivity index (χ0) is 14.3. The van der Waals surface area contributed by atoms with Gasteiger partial charge in [-0.15, -0.1) is 10.2 Å². The van der Waals surface area contributed by atoms with Gasteiger partial charge in [0.05, 0.1) is 5.75 Å². The van der Waals surface area contributed by atoms with Crippen LogP contribution in [-0.4, -0.2) is 37.0 Å². The average molecular weight is 288 g/mol. The molecule has 3 rings (SSSR count). The maximum absolute atomic E-state index is 10.6. The summed E-state index contributed by atoms with van der Waals surface area (Å²) in [6, 6.07) is 4.13. The molecule has 3 aromatic rings. The summed E-state index contributed by atoms with van der Waals surface area (Å²) in [5.41, 5.74) is 4.61. The number of aromatic nitrogens is 4. The summed E-state index contributed by atoms with van der Waals surface area (Å²) in [4.78, 5) is 18.1. The molecule has 20 heavy (non-hydrogen) atoms. The molecule has 0 radical (unpaired) electrons. The standard InChI is InChI=1S/C13H12N4O2S/c1-6-3-7(2)10-8(4-6)14-12-11(10)16-17-13(15-12)20-5-9(18)19/h3-4H,5H2,1-2H3,(H,18,19)(H,14,15,17). The van der Waals surface area contributed by atoms with Gasteiger partial charge in [0.1, 0.15) is 5.52 Å². The number of carboxylic acids is 1. The summed E-state index contributed by atoms with van der Waals surface area (Å²) in [7, 11) is 0. The first-order chi connectivity index (χ1) is 9.54. The summed E-state index contributed by atoms with van der Waals surface area (Å²) in [6.07, 6.45) is 0. The first kappa shape index (κ1) is 12.9. The van der Waals surface area contributed by atoms with Crippen molar-refractivity contribution in [1.29, 1.82) is 0 Å². The minimum atomic E-state index is -0.901. The largest absolute Gasteiger partial charge is 0.481 e. The van der Waals surface area contributed by atoms with Crippen LogP contribution in [0.4, 0.5) is 0 Å². The van der Waals surface area contributed by atoms with Crippen molar-refractivity contribution in [2.45, 2.75) is 19.0 Å². The molecular weight excluding hydrogens is 276 g/mol. The first-order valence-electron chi connectivity index (χ1n) is 6.02. The van der Waals surface area contributed by atoms with Crippen molar-refractivity contribution in [2.24, 2.45) is 0 Å². The number of carbonyl (C=O) groups is 1. The number of benzene rings is 1. The third kappa shape index (κ3) is 2.20. The molecular formula is C13H12N4O2S. The number of carboxylic acid groups (broad SMARTS) is 1. The van der Waals surface area contributed by atoms with Crippen LogP contribution < -0.4 is 0 Å². The Morgan fingerprint density at radius 1 is 1.35 bits per heavy atom. The molecule has 0 aliphatic carbocycles. The highest BCUT2D eigenvalue weighted by Gasteiger charge is 2.12. The maximum atomic E-state index is 10.6. The van der Waals surface area contributed by atoms with Gasteiger partial charge in [0.15, 0.2) is 5.65 Å². The molecule has 102 valence electrons. The van der Waals surface area contributed by atoms with Gasteiger partial charge in [-0.2, -0.15) is 0 Å². The number of aromatic amines is 1. The van der Waals surface area contributed by atoms with Crippen molar-refractivity contribution < 1.29 is 9.90 Å². The van der Waals surface area contributed by atoms with Gasteiger partial charge in [0.2, 0.25) is 5.16 Å². The first-order valence-corrected chi connectivity index (χ1v) is 7.01. The molecule has 0 aliphatic rings. The molecule has 0 unspecified atom stereocenters. The zero-order valence-corrected chi connectivity index (χ0v) is 11.8. The van der Waals surface area contributed by atoms with Crippen LogP contribution in [0.3, 0.4) is 0 Å². The second-order valence-electron chi connectivity index (χ2n) is 4.60. The molecule has 0 aliphatic heterocycles. The van der Waals surface area contributed by atoms with Gasteiger partial charge < -0.3 is 10.1 Å². The fourth-order valence-electron chi connectivity index (χ4n) is 2.26. The fourth-order valence-corrected chi connectivity index (χ4v) is 2.77. The minimum Gasteiger partial charge on any atom is -0.481 e. The lowest BCUT2D eigenvalue weighted by Crippen LogP contribution is -2.00. The fraction of sp³-hybridized carbons (Fsp3) is 0.231. The molecule has 0 bridgehead atoms. The van der Waals surface area contributed by atoms with E-state index in [4.69, 9.17) is 5.11 Å². The highest BCUT2D eigenvalue weighted by atomic mass is 32.2. The van der Waals surface area contributed by atoms with Gasteiger partial charge in [-0.05, 0) is 31.0 Å². The molecule has 0 atom stereocenters. The summed E-state index contributed by atoms with van der Waals surface area (Å²) in [6.45, 7) is 4.06. The molecule has 0 spiro atoms. The van der Waals surface area contributed by atoms with Crippen molar-refractivity contribution in [3.63, 3.8) is 0 Å². The predicted molar refractivity (Wildman–Crippen MR) is 77.0 cm³/mol. The molecule has 2 aromatic heterocycles. The van der Waals surface area contributed by atoms with E-state index >= 15 is 0 Å². The molecule has 2 heterocycles. The highest BCUT2D eigenvalue weighted by Crippen LogP contribution is 2.27. The topological polar surface area (TPSA) is 91.8 Å². The number of hydrogen-bond acceptors (Lipinski definition) is 5. The summed E-state index contributed by atoms with van der Waals surface area (Å²) < 4.78 is 0. The van der Waals surface area contributed by atoms with Gasteiger partial charge in [-0.1, -0.05) is 17.8 Å². The number of nitrogens with one attached hydrogen (secondary N) is 1. The molecule has 1 aromatic carbocycles. The van der Waals surface area contributed by atoms with Crippen LogP contribution in [0.5, 0.6) is 0 Å². The van der Waals surface area contributed by atoms with Crippen LogP contribution in [0.2, 0.25) is 0 Å². The predicted octanol–water partition coefficient (Wildman–Crippen LogP) is 2.30. The highest BCUT2D eigenvalue weighted by molar-refractivity contribution is 7.99. The lowest BCUT2D eigenvalue weighted by molar-refractivity contribution is -0.133. The third-order valence-electron chi connectivity index (χ3n) is 2.96. The number of aliphatic carboxylic acids is 1. The van der Waals surface area contributed by atoms with Crippen molar-refractivity contribution >= 4 is 39.8 Å². The van der Waals surface area contributed by atoms with E-state index in [2.05, 4.69) is 26.2 Å². The lowest BCUT2D eigenvalue weighted by atomic mass is 10.1. The summed E-state index contributed by atoms with van der Waals surface area (Å²) >= 11 is 1.06. The monoisotopic (exact) mass is 288 g/mol. The Bertz CT molecular complexity index is 828. The molecule has 0 fully saturated rings. The van der Waals surface area contributed by atoms with E-state index in [-0.39, 0.29) is 5.75 Å². The van der Waals surface area contributed by atoms with Crippen LogP contribution in [0.15, 0.2) is 17.3 Å². The van der Waals surface area contributed by atoms with Gasteiger partial charge in [-0.25, -0.2) is 4.98 Å². The number of aryl methyl sites for hydroxylation is 2. The van der Waals surface area contributed by atoms with Crippen LogP contribution in [0.25, 0.3) is 22.1 Å². The number of nitrogens with zero attached hydrogens (tertiary/aromatic N) is 3. The smallest absolute Gasteiger partial charge is 0.313 e. The van der Waals surface area contributed by atoms with E-state index in [1.165, 1.54) is 0 Å². The molecule has 0 saturated heterocycles. The maximum Gasteiger partial charge on any atom is 0.313 e. The van der Waals surface area contributed by atoms with Crippen molar-refractivity contribution in [2.75, 3.05) is 5.75 Å². The SMILES string of the molecule is Cc1cc(C)c2c(c1)[nH]c1nc(SCC(=O)O)nnc12. The molecule has 0 amide bonds. The summed E-state index contributed by atoms with van der Waals surface area (Å²) in [5, 5.41) is 18.2. The van der Waals surface area contributed by atoms with Gasteiger partial charge in [0, 0.05) is 10.9 Å². The zero-order valence-electron chi connectivity index (χ0n) is 11.0. The lowest BCUT2D eigenvalue weighted by Gasteiger charge is -1.98. The number of hydrogen-bond donors (Lipinski definition) is 2. The van der Waals surface area contributed by atoms with Gasteiger partial charge in [0.25, 0.3) is 0 Å². The van der Waals surface area contributed by atoms with E-state index in [1.54, 1.807) is 0 Å². The number of fused-ring (bicyclic) bond motifs is 3. The third-order valence-corrected chi connectivity index (χ3v) is 3.78.